The maximum absolute atomic E-state index is 11.2. The van der Waals surface area contributed by atoms with Gasteiger partial charge in [-0.05, 0) is 41.5 Å². The first kappa shape index (κ1) is 14.9. The van der Waals surface area contributed by atoms with Crippen LogP contribution in [0.2, 0.25) is 0 Å². The van der Waals surface area contributed by atoms with Crippen molar-refractivity contribution < 1.29 is 9.90 Å². The van der Waals surface area contributed by atoms with Crippen molar-refractivity contribution in [2.24, 2.45) is 0 Å². The first-order chi connectivity index (χ1) is 10.6. The van der Waals surface area contributed by atoms with E-state index in [9.17, 15) is 9.90 Å². The average molecular weight is 374 g/mol. The van der Waals surface area contributed by atoms with E-state index in [1.54, 1.807) is 0 Å². The summed E-state index contributed by atoms with van der Waals surface area (Å²) in [6.07, 6.45) is 1.84. The summed E-state index contributed by atoms with van der Waals surface area (Å²) in [6.45, 7) is 0. The molecule has 0 aliphatic carbocycles. The topological polar surface area (TPSA) is 50.2 Å². The number of hydrogen-bond donors (Lipinski definition) is 1. The minimum absolute atomic E-state index is 0.0457. The number of halogens is 1. The normalized spacial score (nSPS) is 11.8. The first-order valence-electron chi connectivity index (χ1n) is 6.66. The number of aliphatic carboxylic acids is 1. The molecule has 0 saturated heterocycles. The quantitative estimate of drug-likeness (QED) is 0.693. The Kier molecular flexibility index (Phi) is 4.36. The molecule has 0 aliphatic heterocycles. The van der Waals surface area contributed by atoms with E-state index in [2.05, 4.69) is 20.9 Å². The number of rotatable bonds is 4. The number of thiazole rings is 1. The molecule has 0 spiro atoms. The molecule has 2 aromatic carbocycles. The second kappa shape index (κ2) is 6.42. The summed E-state index contributed by atoms with van der Waals surface area (Å²) in [5.74, 6) is -0.859. The van der Waals surface area contributed by atoms with Crippen LogP contribution in [0.5, 0.6) is 0 Å². The maximum Gasteiger partial charge on any atom is 0.307 e. The van der Waals surface area contributed by atoms with Crippen molar-refractivity contribution in [3.05, 3.63) is 63.6 Å². The average Bonchev–Trinajstić information content (AvgIpc) is 2.92. The Labute approximate surface area is 140 Å². The second-order valence-electron chi connectivity index (χ2n) is 4.78. The Balaban J connectivity index is 2.05. The number of nitrogens with zero attached hydrogens (tertiary/aromatic N) is 1. The van der Waals surface area contributed by atoms with Gasteiger partial charge in [-0.15, -0.1) is 11.3 Å². The molecular weight excluding hydrogens is 362 g/mol. The van der Waals surface area contributed by atoms with Crippen LogP contribution in [0.3, 0.4) is 0 Å². The molecule has 0 bridgehead atoms. The molecule has 0 atom stereocenters. The minimum Gasteiger partial charge on any atom is -0.481 e. The molecule has 0 aliphatic rings. The molecule has 5 heteroatoms. The van der Waals surface area contributed by atoms with E-state index in [1.165, 1.54) is 11.3 Å². The van der Waals surface area contributed by atoms with Gasteiger partial charge >= 0.3 is 5.97 Å². The van der Waals surface area contributed by atoms with Crippen LogP contribution in [-0.2, 0) is 4.79 Å². The van der Waals surface area contributed by atoms with Gasteiger partial charge in [-0.2, -0.15) is 0 Å². The highest BCUT2D eigenvalue weighted by molar-refractivity contribution is 9.10. The largest absolute Gasteiger partial charge is 0.481 e. The summed E-state index contributed by atoms with van der Waals surface area (Å²) < 4.78 is 2.05. The number of benzene rings is 2. The molecule has 3 rings (SSSR count). The number of carboxylic acid groups (broad SMARTS) is 1. The van der Waals surface area contributed by atoms with E-state index in [4.69, 9.17) is 0 Å². The van der Waals surface area contributed by atoms with E-state index < -0.39 is 5.97 Å². The second-order valence-corrected chi connectivity index (χ2v) is 6.72. The Bertz CT molecular complexity index is 819. The number of hydrogen-bond acceptors (Lipinski definition) is 3. The van der Waals surface area contributed by atoms with E-state index in [0.29, 0.717) is 0 Å². The highest BCUT2D eigenvalue weighted by Crippen LogP contribution is 2.30. The summed E-state index contributed by atoms with van der Waals surface area (Å²) in [6, 6.07) is 15.6. The first-order valence-corrected chi connectivity index (χ1v) is 8.26. The van der Waals surface area contributed by atoms with E-state index in [-0.39, 0.29) is 6.42 Å². The van der Waals surface area contributed by atoms with Crippen molar-refractivity contribution >= 4 is 55.1 Å². The fourth-order valence-corrected chi connectivity index (χ4v) is 3.36. The number of aromatic nitrogens is 1. The predicted octanol–water partition coefficient (Wildman–Crippen LogP) is 5.07. The van der Waals surface area contributed by atoms with Crippen molar-refractivity contribution in [3.63, 3.8) is 0 Å². The van der Waals surface area contributed by atoms with Crippen LogP contribution in [-0.4, -0.2) is 16.1 Å². The summed E-state index contributed by atoms with van der Waals surface area (Å²) >= 11 is 4.91. The van der Waals surface area contributed by atoms with Gasteiger partial charge in [-0.3, -0.25) is 4.79 Å². The Morgan fingerprint density at radius 1 is 1.18 bits per heavy atom. The lowest BCUT2D eigenvalue weighted by molar-refractivity contribution is -0.135. The highest BCUT2D eigenvalue weighted by atomic mass is 79.9. The van der Waals surface area contributed by atoms with Crippen LogP contribution in [0, 0.1) is 0 Å². The van der Waals surface area contributed by atoms with Crippen LogP contribution in [0.4, 0.5) is 0 Å². The summed E-state index contributed by atoms with van der Waals surface area (Å²) in [7, 11) is 0. The van der Waals surface area contributed by atoms with Gasteiger partial charge in [-0.25, -0.2) is 4.98 Å². The fraction of sp³-hybridized carbons (Fsp3) is 0.0588. The minimum atomic E-state index is -0.859. The van der Waals surface area contributed by atoms with Crippen molar-refractivity contribution in [2.45, 2.75) is 6.42 Å². The molecule has 0 fully saturated rings. The summed E-state index contributed by atoms with van der Waals surface area (Å²) in [5, 5.41) is 9.93. The van der Waals surface area contributed by atoms with Crippen LogP contribution in [0.15, 0.2) is 53.0 Å². The molecule has 1 N–H and O–H groups in total. The zero-order valence-electron chi connectivity index (χ0n) is 11.5. The van der Waals surface area contributed by atoms with E-state index >= 15 is 0 Å². The van der Waals surface area contributed by atoms with Crippen molar-refractivity contribution in [1.29, 1.82) is 0 Å². The molecule has 22 heavy (non-hydrogen) atoms. The lowest BCUT2D eigenvalue weighted by atomic mass is 10.1. The Morgan fingerprint density at radius 3 is 2.59 bits per heavy atom. The number of carbonyl (C=O) groups is 1. The van der Waals surface area contributed by atoms with E-state index in [1.807, 2.05) is 54.6 Å². The molecular formula is C17H12BrNO2S. The molecule has 3 aromatic rings. The third-order valence-corrected chi connectivity index (χ3v) is 4.76. The Morgan fingerprint density at radius 2 is 1.91 bits per heavy atom. The monoisotopic (exact) mass is 373 g/mol. The summed E-state index contributed by atoms with van der Waals surface area (Å²) in [5.41, 5.74) is 2.57. The highest BCUT2D eigenvalue weighted by Gasteiger charge is 2.12. The van der Waals surface area contributed by atoms with Gasteiger partial charge in [0.05, 0.1) is 16.6 Å². The molecule has 0 amide bonds. The summed E-state index contributed by atoms with van der Waals surface area (Å²) in [4.78, 5) is 15.7. The zero-order chi connectivity index (χ0) is 15.5. The zero-order valence-corrected chi connectivity index (χ0v) is 13.9. The van der Waals surface area contributed by atoms with Gasteiger partial charge in [0.2, 0.25) is 0 Å². The van der Waals surface area contributed by atoms with Gasteiger partial charge in [0.25, 0.3) is 0 Å². The third kappa shape index (κ3) is 3.43. The van der Waals surface area contributed by atoms with Crippen LogP contribution < -0.4 is 0 Å². The Hall–Kier alpha value is -1.98. The van der Waals surface area contributed by atoms with Gasteiger partial charge in [0, 0.05) is 4.47 Å². The van der Waals surface area contributed by atoms with Gasteiger partial charge in [0.15, 0.2) is 0 Å². The number of carboxylic acids is 1. The lowest BCUT2D eigenvalue weighted by Gasteiger charge is -2.02. The third-order valence-electron chi connectivity index (χ3n) is 3.12. The molecule has 0 saturated carbocycles. The van der Waals surface area contributed by atoms with Crippen LogP contribution in [0.25, 0.3) is 21.9 Å². The van der Waals surface area contributed by atoms with Crippen molar-refractivity contribution in [1.82, 2.24) is 4.98 Å². The van der Waals surface area contributed by atoms with Crippen LogP contribution in [0.1, 0.15) is 17.0 Å². The molecule has 0 radical (unpaired) electrons. The van der Waals surface area contributed by atoms with Gasteiger partial charge < -0.3 is 5.11 Å². The van der Waals surface area contributed by atoms with Crippen molar-refractivity contribution in [2.75, 3.05) is 0 Å². The number of para-hydroxylation sites is 1. The van der Waals surface area contributed by atoms with E-state index in [0.717, 1.165) is 30.8 Å². The molecule has 3 nitrogen and oxygen atoms in total. The fourth-order valence-electron chi connectivity index (χ4n) is 2.12. The maximum atomic E-state index is 11.2. The van der Waals surface area contributed by atoms with Crippen molar-refractivity contribution in [3.8, 4) is 0 Å². The van der Waals surface area contributed by atoms with Gasteiger partial charge in [0.1, 0.15) is 5.01 Å². The standard InChI is InChI=1S/C17H12BrNO2S/c18-13-7-5-11(6-8-13)9-12(10-16(20)21)17-19-14-3-1-2-4-15(14)22-17/h1-9H,10H2,(H,20,21)/b12-9+. The molecule has 110 valence electrons. The number of fused-ring (bicyclic) bond motifs is 1. The van der Waals surface area contributed by atoms with Crippen LogP contribution >= 0.6 is 27.3 Å². The molecule has 1 aromatic heterocycles. The SMILES string of the molecule is O=C(O)C/C(=C\c1ccc(Br)cc1)c1nc2ccccc2s1. The smallest absolute Gasteiger partial charge is 0.307 e. The van der Waals surface area contributed by atoms with Gasteiger partial charge in [-0.1, -0.05) is 40.2 Å². The predicted molar refractivity (Wildman–Crippen MR) is 93.9 cm³/mol. The lowest BCUT2D eigenvalue weighted by Crippen LogP contribution is -1.96. The molecule has 0 unspecified atom stereocenters. The molecule has 1 heterocycles.